The van der Waals surface area contributed by atoms with Gasteiger partial charge in [0.15, 0.2) is 0 Å². The van der Waals surface area contributed by atoms with Gasteiger partial charge < -0.3 is 5.32 Å². The minimum atomic E-state index is 0.0210. The van der Waals surface area contributed by atoms with Crippen LogP contribution in [0.2, 0.25) is 5.02 Å². The van der Waals surface area contributed by atoms with Crippen molar-refractivity contribution in [3.8, 4) is 0 Å². The lowest BCUT2D eigenvalue weighted by molar-refractivity contribution is -0.121. The lowest BCUT2D eigenvalue weighted by Gasteiger charge is -2.22. The van der Waals surface area contributed by atoms with Crippen LogP contribution in [0.3, 0.4) is 0 Å². The summed E-state index contributed by atoms with van der Waals surface area (Å²) in [5.41, 5.74) is 5.02. The number of nitrogens with one attached hydrogen (secondary N) is 1. The molecule has 1 amide bonds. The number of aryl methyl sites for hydroxylation is 2. The highest BCUT2D eigenvalue weighted by Crippen LogP contribution is 2.26. The summed E-state index contributed by atoms with van der Waals surface area (Å²) in [5.74, 6) is 0.0210. The van der Waals surface area contributed by atoms with E-state index in [2.05, 4.69) is 30.4 Å². The molecule has 3 rings (SSSR count). The second kappa shape index (κ2) is 7.85. The van der Waals surface area contributed by atoms with Crippen molar-refractivity contribution in [3.63, 3.8) is 0 Å². The topological polar surface area (TPSA) is 29.1 Å². The quantitative estimate of drug-likeness (QED) is 0.812. The molecule has 2 nitrogen and oxygen atoms in total. The van der Waals surface area contributed by atoms with Crippen LogP contribution in [-0.4, -0.2) is 5.91 Å². The Morgan fingerprint density at radius 3 is 2.62 bits per heavy atom. The molecule has 1 atom stereocenters. The zero-order valence-electron chi connectivity index (χ0n) is 14.1. The van der Waals surface area contributed by atoms with Gasteiger partial charge >= 0.3 is 0 Å². The first-order valence-electron chi connectivity index (χ1n) is 8.82. The van der Waals surface area contributed by atoms with Crippen molar-refractivity contribution in [1.29, 1.82) is 0 Å². The van der Waals surface area contributed by atoms with E-state index in [4.69, 9.17) is 11.6 Å². The third kappa shape index (κ3) is 3.99. The molecule has 1 aliphatic carbocycles. The smallest absolute Gasteiger partial charge is 0.224 e. The molecule has 1 aliphatic rings. The maximum Gasteiger partial charge on any atom is 0.224 e. The Labute approximate surface area is 149 Å². The summed E-state index contributed by atoms with van der Waals surface area (Å²) in [6, 6.07) is 14.3. The second-order valence-electron chi connectivity index (χ2n) is 6.53. The maximum absolute atomic E-state index is 12.4. The number of carbonyl (C=O) groups is 1. The average Bonchev–Trinajstić information content (AvgIpc) is 2.61. The van der Waals surface area contributed by atoms with Gasteiger partial charge in [0.2, 0.25) is 5.91 Å². The van der Waals surface area contributed by atoms with Crippen LogP contribution in [0.1, 0.15) is 54.5 Å². The van der Waals surface area contributed by atoms with Gasteiger partial charge in [-0.05, 0) is 60.4 Å². The largest absolute Gasteiger partial charge is 0.349 e. The summed E-state index contributed by atoms with van der Waals surface area (Å²) in [7, 11) is 0. The third-order valence-electron chi connectivity index (χ3n) is 4.83. The van der Waals surface area contributed by atoms with Crippen molar-refractivity contribution >= 4 is 17.5 Å². The van der Waals surface area contributed by atoms with Gasteiger partial charge in [-0.15, -0.1) is 0 Å². The van der Waals surface area contributed by atoms with Crippen LogP contribution in [0.15, 0.2) is 42.5 Å². The minimum Gasteiger partial charge on any atom is -0.349 e. The van der Waals surface area contributed by atoms with Crippen LogP contribution in [-0.2, 0) is 24.1 Å². The van der Waals surface area contributed by atoms with Gasteiger partial charge in [-0.2, -0.15) is 0 Å². The number of amides is 1. The van der Waals surface area contributed by atoms with Crippen molar-refractivity contribution in [2.75, 3.05) is 0 Å². The summed E-state index contributed by atoms with van der Waals surface area (Å²) in [5, 5.41) is 3.82. The molecule has 2 aromatic carbocycles. The minimum absolute atomic E-state index is 0.0210. The van der Waals surface area contributed by atoms with Crippen molar-refractivity contribution in [2.45, 2.75) is 51.5 Å². The Morgan fingerprint density at radius 2 is 1.88 bits per heavy atom. The number of carbonyl (C=O) groups excluding carboxylic acids is 1. The zero-order chi connectivity index (χ0) is 16.9. The molecule has 0 bridgehead atoms. The van der Waals surface area contributed by atoms with Crippen LogP contribution in [0, 0.1) is 0 Å². The molecule has 0 unspecified atom stereocenters. The van der Waals surface area contributed by atoms with Crippen molar-refractivity contribution in [1.82, 2.24) is 5.32 Å². The Balaban J connectivity index is 1.70. The van der Waals surface area contributed by atoms with E-state index in [1.165, 1.54) is 36.0 Å². The summed E-state index contributed by atoms with van der Waals surface area (Å²) in [4.78, 5) is 12.4. The lowest BCUT2D eigenvalue weighted by Crippen LogP contribution is -2.29. The fourth-order valence-electron chi connectivity index (χ4n) is 3.45. The molecule has 0 heterocycles. The summed E-state index contributed by atoms with van der Waals surface area (Å²) >= 11 is 6.16. The molecule has 0 saturated heterocycles. The average molecular weight is 342 g/mol. The molecular weight excluding hydrogens is 318 g/mol. The first-order valence-corrected chi connectivity index (χ1v) is 9.19. The van der Waals surface area contributed by atoms with Gasteiger partial charge in [-0.1, -0.05) is 54.9 Å². The Kier molecular flexibility index (Phi) is 5.57. The first-order chi connectivity index (χ1) is 11.7. The number of benzene rings is 2. The van der Waals surface area contributed by atoms with Gasteiger partial charge in [-0.3, -0.25) is 4.79 Å². The highest BCUT2D eigenvalue weighted by Gasteiger charge is 2.16. The predicted octanol–water partition coefficient (Wildman–Crippen LogP) is 5.03. The fraction of sp³-hybridized carbons (Fsp3) is 0.381. The van der Waals surface area contributed by atoms with E-state index in [0.29, 0.717) is 11.4 Å². The standard InChI is InChI=1S/C21H24ClNO/c1-2-20(18-12-11-15-7-3-4-8-16(15)13-18)23-21(24)14-17-9-5-6-10-19(17)22/h5-6,9-13,20H,2-4,7-8,14H2,1H3,(H,23,24)/t20-/m1/s1. The monoisotopic (exact) mass is 341 g/mol. The van der Waals surface area contributed by atoms with E-state index >= 15 is 0 Å². The van der Waals surface area contributed by atoms with Gasteiger partial charge in [0.1, 0.15) is 0 Å². The molecule has 3 heteroatoms. The van der Waals surface area contributed by atoms with Crippen molar-refractivity contribution in [3.05, 3.63) is 69.7 Å². The Hall–Kier alpha value is -1.80. The third-order valence-corrected chi connectivity index (χ3v) is 5.20. The number of rotatable bonds is 5. The molecule has 0 saturated carbocycles. The van der Waals surface area contributed by atoms with E-state index in [1.54, 1.807) is 0 Å². The molecule has 0 aromatic heterocycles. The summed E-state index contributed by atoms with van der Waals surface area (Å²) in [6.07, 6.45) is 6.11. The zero-order valence-corrected chi connectivity index (χ0v) is 14.9. The van der Waals surface area contributed by atoms with Crippen molar-refractivity contribution < 1.29 is 4.79 Å². The van der Waals surface area contributed by atoms with Crippen LogP contribution in [0.25, 0.3) is 0 Å². The van der Waals surface area contributed by atoms with Gasteiger partial charge in [0.25, 0.3) is 0 Å². The van der Waals surface area contributed by atoms with E-state index < -0.39 is 0 Å². The van der Waals surface area contributed by atoms with E-state index in [0.717, 1.165) is 18.4 Å². The number of hydrogen-bond donors (Lipinski definition) is 1. The molecule has 1 N–H and O–H groups in total. The number of hydrogen-bond acceptors (Lipinski definition) is 1. The SMILES string of the molecule is CC[C@@H](NC(=O)Cc1ccccc1Cl)c1ccc2c(c1)CCCC2. The maximum atomic E-state index is 12.4. The van der Waals surface area contributed by atoms with Crippen LogP contribution < -0.4 is 5.32 Å². The summed E-state index contributed by atoms with van der Waals surface area (Å²) in [6.45, 7) is 2.11. The van der Waals surface area contributed by atoms with Gasteiger partial charge in [0, 0.05) is 5.02 Å². The Bertz CT molecular complexity index is 726. The highest BCUT2D eigenvalue weighted by atomic mass is 35.5. The van der Waals surface area contributed by atoms with Gasteiger partial charge in [-0.25, -0.2) is 0 Å². The number of fused-ring (bicyclic) bond motifs is 1. The molecule has 126 valence electrons. The fourth-order valence-corrected chi connectivity index (χ4v) is 3.65. The predicted molar refractivity (Wildman–Crippen MR) is 99.4 cm³/mol. The molecule has 0 radical (unpaired) electrons. The molecule has 0 spiro atoms. The highest BCUT2D eigenvalue weighted by molar-refractivity contribution is 6.31. The van der Waals surface area contributed by atoms with E-state index in [9.17, 15) is 4.79 Å². The second-order valence-corrected chi connectivity index (χ2v) is 6.94. The van der Waals surface area contributed by atoms with E-state index in [1.807, 2.05) is 24.3 Å². The van der Waals surface area contributed by atoms with Crippen LogP contribution >= 0.6 is 11.6 Å². The van der Waals surface area contributed by atoms with E-state index in [-0.39, 0.29) is 11.9 Å². The van der Waals surface area contributed by atoms with Crippen molar-refractivity contribution in [2.24, 2.45) is 0 Å². The molecule has 2 aromatic rings. The lowest BCUT2D eigenvalue weighted by atomic mass is 9.88. The molecule has 0 fully saturated rings. The van der Waals surface area contributed by atoms with Crippen LogP contribution in [0.5, 0.6) is 0 Å². The Morgan fingerprint density at radius 1 is 1.12 bits per heavy atom. The normalized spacial score (nSPS) is 14.8. The van der Waals surface area contributed by atoms with Gasteiger partial charge in [0.05, 0.1) is 12.5 Å². The number of halogens is 1. The molecule has 24 heavy (non-hydrogen) atoms. The molecular formula is C21H24ClNO. The summed E-state index contributed by atoms with van der Waals surface area (Å²) < 4.78 is 0. The van der Waals surface area contributed by atoms with Crippen LogP contribution in [0.4, 0.5) is 0 Å². The molecule has 0 aliphatic heterocycles. The first kappa shape index (κ1) is 17.0.